The van der Waals surface area contributed by atoms with Crippen molar-refractivity contribution in [2.45, 2.75) is 219 Å². The normalized spacial score (nSPS) is 11.5. The summed E-state index contributed by atoms with van der Waals surface area (Å²) in [6.07, 6.45) is 44.6. The average molecular weight is 721 g/mol. The van der Waals surface area contributed by atoms with Crippen molar-refractivity contribution in [1.29, 1.82) is 0 Å². The smallest absolute Gasteiger partial charge is 0.255 e. The number of hydrogen-bond donors (Lipinski definition) is 0. The highest BCUT2D eigenvalue weighted by atomic mass is 16.3. The lowest BCUT2D eigenvalue weighted by molar-refractivity contribution is -0.271. The Labute approximate surface area is 322 Å². The van der Waals surface area contributed by atoms with Gasteiger partial charge in [-0.1, -0.05) is 219 Å². The van der Waals surface area contributed by atoms with Gasteiger partial charge >= 0.3 is 0 Å². The second-order valence-electron chi connectivity index (χ2n) is 16.4. The van der Waals surface area contributed by atoms with Gasteiger partial charge in [0.15, 0.2) is 0 Å². The SMILES string of the molecule is CCCCCCCCCCCCCCCCCCN(CCCCCCCCCCCCCCCCCC)c1ccc(-c2c([O-])c(=[N+](C)C)c2=O)cc1. The van der Waals surface area contributed by atoms with Crippen molar-refractivity contribution < 1.29 is 5.11 Å². The quantitative estimate of drug-likeness (QED) is 0.0520. The first kappa shape index (κ1) is 46.1. The van der Waals surface area contributed by atoms with Crippen LogP contribution in [0.1, 0.15) is 219 Å². The maximum atomic E-state index is 12.6. The molecule has 2 aromatic carbocycles. The molecule has 0 amide bonds. The average Bonchev–Trinajstić information content (AvgIpc) is 3.13. The Bertz CT molecular complexity index is 1150. The molecule has 0 aliphatic carbocycles. The summed E-state index contributed by atoms with van der Waals surface area (Å²) >= 11 is 0. The van der Waals surface area contributed by atoms with Crippen LogP contribution in [0, 0.1) is 0 Å². The molecule has 2 rings (SSSR count). The summed E-state index contributed by atoms with van der Waals surface area (Å²) in [7, 11) is 3.53. The molecule has 0 atom stereocenters. The molecular weight excluding hydrogens is 637 g/mol. The molecule has 0 aliphatic heterocycles. The Morgan fingerprint density at radius 3 is 1.02 bits per heavy atom. The number of rotatable bonds is 36. The molecule has 52 heavy (non-hydrogen) atoms. The Morgan fingerprint density at radius 2 is 0.750 bits per heavy atom. The lowest BCUT2D eigenvalue weighted by atomic mass is 9.99. The third-order valence-corrected chi connectivity index (χ3v) is 11.4. The fourth-order valence-electron chi connectivity index (χ4n) is 7.96. The largest absolute Gasteiger partial charge is 0.867 e. The Balaban J connectivity index is 1.65. The van der Waals surface area contributed by atoms with Gasteiger partial charge < -0.3 is 10.0 Å². The van der Waals surface area contributed by atoms with Gasteiger partial charge in [-0.3, -0.25) is 4.79 Å². The zero-order valence-corrected chi connectivity index (χ0v) is 35.1. The van der Waals surface area contributed by atoms with Crippen molar-refractivity contribution in [3.63, 3.8) is 0 Å². The Kier molecular flexibility index (Phi) is 27.7. The van der Waals surface area contributed by atoms with Crippen LogP contribution in [0.4, 0.5) is 5.69 Å². The molecule has 0 saturated carbocycles. The van der Waals surface area contributed by atoms with Crippen molar-refractivity contribution in [3.8, 4) is 16.9 Å². The van der Waals surface area contributed by atoms with E-state index < -0.39 is 0 Å². The lowest BCUT2D eigenvalue weighted by Crippen LogP contribution is -2.45. The number of unbranched alkanes of at least 4 members (excludes halogenated alkanes) is 30. The molecule has 0 aromatic heterocycles. The van der Waals surface area contributed by atoms with Crippen LogP contribution in [0.15, 0.2) is 29.1 Å². The van der Waals surface area contributed by atoms with E-state index in [1.165, 1.54) is 211 Å². The summed E-state index contributed by atoms with van der Waals surface area (Å²) in [5.74, 6) is -0.124. The minimum absolute atomic E-state index is 0.124. The van der Waals surface area contributed by atoms with E-state index in [9.17, 15) is 9.90 Å². The first-order valence-electron chi connectivity index (χ1n) is 22.9. The van der Waals surface area contributed by atoms with E-state index in [2.05, 4.69) is 30.9 Å². The Morgan fingerprint density at radius 1 is 0.462 bits per heavy atom. The van der Waals surface area contributed by atoms with Crippen molar-refractivity contribution in [1.82, 2.24) is 4.58 Å². The van der Waals surface area contributed by atoms with Gasteiger partial charge in [0.2, 0.25) is 5.36 Å². The van der Waals surface area contributed by atoms with Crippen molar-refractivity contribution >= 4 is 5.69 Å². The van der Waals surface area contributed by atoms with E-state index in [4.69, 9.17) is 0 Å². The zero-order valence-electron chi connectivity index (χ0n) is 35.1. The third-order valence-electron chi connectivity index (χ3n) is 11.4. The van der Waals surface area contributed by atoms with Crippen LogP contribution < -0.4 is 25.4 Å². The molecular formula is C48H84N2O2. The van der Waals surface area contributed by atoms with Crippen LogP contribution in [0.2, 0.25) is 0 Å². The standard InChI is InChI=1S/C48H84N2O2/c1-5-7-9-11-13-15-17-19-21-23-25-27-29-31-33-35-41-50(44-39-37-43(38-40-44)45-47(51)46(48(45)52)49(3)4)42-36-34-32-30-28-26-24-22-20-18-16-14-12-10-8-6-2/h37-40H,5-36,41-42H2,1-4H3. The van der Waals surface area contributed by atoms with E-state index in [0.717, 1.165) is 18.7 Å². The number of anilines is 1. The number of benzene rings is 1. The molecule has 0 fully saturated rings. The van der Waals surface area contributed by atoms with Crippen LogP contribution in [0.3, 0.4) is 0 Å². The van der Waals surface area contributed by atoms with Crippen LogP contribution in [-0.2, 0) is 0 Å². The van der Waals surface area contributed by atoms with Gasteiger partial charge in [-0.2, -0.15) is 0 Å². The van der Waals surface area contributed by atoms with Gasteiger partial charge in [0.1, 0.15) is 14.1 Å². The minimum atomic E-state index is -0.124. The Hall–Kier alpha value is -2.10. The topological polar surface area (TPSA) is 46.4 Å². The van der Waals surface area contributed by atoms with E-state index in [1.807, 2.05) is 12.1 Å². The van der Waals surface area contributed by atoms with Gasteiger partial charge in [-0.25, -0.2) is 4.58 Å². The van der Waals surface area contributed by atoms with Gasteiger partial charge in [0.05, 0.1) is 0 Å². The van der Waals surface area contributed by atoms with Crippen LogP contribution in [0.25, 0.3) is 11.1 Å². The lowest BCUT2D eigenvalue weighted by Gasteiger charge is -2.26. The molecule has 298 valence electrons. The van der Waals surface area contributed by atoms with E-state index in [0.29, 0.717) is 10.9 Å². The third kappa shape index (κ3) is 20.4. The van der Waals surface area contributed by atoms with Crippen LogP contribution in [-0.4, -0.2) is 27.2 Å². The first-order valence-corrected chi connectivity index (χ1v) is 22.9. The van der Waals surface area contributed by atoms with Gasteiger partial charge in [-0.05, 0) is 36.3 Å². The molecule has 0 N–H and O–H groups in total. The fraction of sp³-hybridized carbons (Fsp3) is 0.792. The molecule has 4 nitrogen and oxygen atoms in total. The maximum Gasteiger partial charge on any atom is 0.255 e. The summed E-state index contributed by atoms with van der Waals surface area (Å²) in [6.45, 7) is 6.77. The van der Waals surface area contributed by atoms with Gasteiger partial charge in [-0.15, -0.1) is 0 Å². The zero-order chi connectivity index (χ0) is 37.5. The molecule has 0 unspecified atom stereocenters. The molecule has 2 aromatic rings. The maximum absolute atomic E-state index is 12.6. The molecule has 0 heterocycles. The van der Waals surface area contributed by atoms with Gasteiger partial charge in [0, 0.05) is 24.3 Å². The highest BCUT2D eigenvalue weighted by molar-refractivity contribution is 5.74. The fourth-order valence-corrected chi connectivity index (χ4v) is 7.96. The number of nitrogens with zero attached hydrogens (tertiary/aromatic N) is 2. The van der Waals surface area contributed by atoms with Crippen LogP contribution in [0.5, 0.6) is 5.75 Å². The van der Waals surface area contributed by atoms with E-state index >= 15 is 0 Å². The number of hydrogen-bond acceptors (Lipinski definition) is 3. The summed E-state index contributed by atoms with van der Waals surface area (Å²) in [6, 6.07) is 8.24. The van der Waals surface area contributed by atoms with Crippen LogP contribution >= 0.6 is 0 Å². The summed E-state index contributed by atoms with van der Waals surface area (Å²) in [4.78, 5) is 15.2. The second kappa shape index (κ2) is 31.3. The predicted molar refractivity (Wildman–Crippen MR) is 228 cm³/mol. The van der Waals surface area contributed by atoms with E-state index in [-0.39, 0.29) is 11.2 Å². The highest BCUT2D eigenvalue weighted by Gasteiger charge is 2.19. The summed E-state index contributed by atoms with van der Waals surface area (Å²) in [5, 5.41) is 12.9. The summed E-state index contributed by atoms with van der Waals surface area (Å²) in [5.41, 5.74) is 2.20. The molecule has 0 spiro atoms. The summed E-state index contributed by atoms with van der Waals surface area (Å²) < 4.78 is 1.64. The van der Waals surface area contributed by atoms with Crippen molar-refractivity contribution in [3.05, 3.63) is 39.8 Å². The first-order chi connectivity index (χ1) is 25.5. The minimum Gasteiger partial charge on any atom is -0.867 e. The van der Waals surface area contributed by atoms with Crippen molar-refractivity contribution in [2.75, 3.05) is 32.1 Å². The predicted octanol–water partition coefficient (Wildman–Crippen LogP) is 13.0. The van der Waals surface area contributed by atoms with Crippen molar-refractivity contribution in [2.24, 2.45) is 0 Å². The molecule has 4 heteroatoms. The molecule has 0 bridgehead atoms. The molecule has 0 radical (unpaired) electrons. The van der Waals surface area contributed by atoms with Gasteiger partial charge in [0.25, 0.3) is 5.43 Å². The molecule has 0 saturated heterocycles. The second-order valence-corrected chi connectivity index (χ2v) is 16.4. The molecule has 0 aliphatic rings. The van der Waals surface area contributed by atoms with E-state index in [1.54, 1.807) is 18.7 Å². The highest BCUT2D eigenvalue weighted by Crippen LogP contribution is 2.26. The monoisotopic (exact) mass is 721 g/mol.